The van der Waals surface area contributed by atoms with Gasteiger partial charge >= 0.3 is 5.38 Å². The molecule has 2 nitrogen and oxygen atoms in total. The number of carbonyl (C=O) groups excluding carboxylic acids is 1. The van der Waals surface area contributed by atoms with Crippen molar-refractivity contribution in [2.45, 2.75) is 18.7 Å². The van der Waals surface area contributed by atoms with Gasteiger partial charge in [0, 0.05) is 5.38 Å². The summed E-state index contributed by atoms with van der Waals surface area (Å²) in [5.41, 5.74) is 0.341. The monoisotopic (exact) mass is 225 g/mol. The van der Waals surface area contributed by atoms with Gasteiger partial charge < -0.3 is 0 Å². The summed E-state index contributed by atoms with van der Waals surface area (Å²) >= 11 is 5.84. The van der Waals surface area contributed by atoms with Crippen molar-refractivity contribution in [1.29, 1.82) is 0 Å². The maximum Gasteiger partial charge on any atom is 0.380 e. The van der Waals surface area contributed by atoms with Gasteiger partial charge in [0.25, 0.3) is 0 Å². The number of Topliss-reactive ketones (excluding diaryl/α,β-unsaturated/α-hetero) is 1. The van der Waals surface area contributed by atoms with Gasteiger partial charge in [0.1, 0.15) is 0 Å². The van der Waals surface area contributed by atoms with Crippen molar-refractivity contribution in [3.8, 4) is 0 Å². The number of carbonyl (C=O) groups is 1. The van der Waals surface area contributed by atoms with Crippen molar-refractivity contribution in [2.75, 3.05) is 0 Å². The van der Waals surface area contributed by atoms with E-state index in [1.165, 1.54) is 11.3 Å². The first kappa shape index (κ1) is 10.5. The van der Waals surface area contributed by atoms with Crippen LogP contribution in [0.25, 0.3) is 0 Å². The van der Waals surface area contributed by atoms with E-state index in [-0.39, 0.29) is 0 Å². The maximum atomic E-state index is 12.2. The summed E-state index contributed by atoms with van der Waals surface area (Å²) in [6, 6.07) is 0. The molecule has 0 N–H and O–H groups in total. The predicted octanol–water partition coefficient (Wildman–Crippen LogP) is 2.39. The van der Waals surface area contributed by atoms with Gasteiger partial charge in [-0.05, 0) is 18.5 Å². The molecule has 0 amide bonds. The highest BCUT2D eigenvalue weighted by Gasteiger charge is 2.35. The fraction of sp³-hybridized carbons (Fsp3) is 0.429. The number of nitrogens with zero attached hydrogens (tertiary/aromatic N) is 1. The largest absolute Gasteiger partial charge is 0.380 e. The second-order valence-electron chi connectivity index (χ2n) is 2.46. The molecule has 0 fully saturated rings. The average Bonchev–Trinajstić information content (AvgIpc) is 2.33. The van der Waals surface area contributed by atoms with Gasteiger partial charge in [-0.15, -0.1) is 11.3 Å². The zero-order valence-electron chi connectivity index (χ0n) is 6.68. The molecule has 0 atom stereocenters. The van der Waals surface area contributed by atoms with Crippen LogP contribution in [0.4, 0.5) is 8.78 Å². The van der Waals surface area contributed by atoms with E-state index in [1.54, 1.807) is 12.3 Å². The summed E-state index contributed by atoms with van der Waals surface area (Å²) in [6.45, 7) is 1.73. The average molecular weight is 226 g/mol. The Balaban J connectivity index is 2.65. The number of aryl methyl sites for hydroxylation is 1. The molecule has 0 radical (unpaired) electrons. The summed E-state index contributed by atoms with van der Waals surface area (Å²) in [4.78, 5) is 14.6. The van der Waals surface area contributed by atoms with Gasteiger partial charge in [-0.2, -0.15) is 8.78 Å². The van der Waals surface area contributed by atoms with Crippen molar-refractivity contribution < 1.29 is 13.6 Å². The molecule has 0 saturated carbocycles. The number of hydrogen-bond acceptors (Lipinski definition) is 3. The Bertz CT molecular complexity index is 321. The van der Waals surface area contributed by atoms with E-state index in [2.05, 4.69) is 16.6 Å². The van der Waals surface area contributed by atoms with Gasteiger partial charge in [0.05, 0.1) is 17.1 Å². The van der Waals surface area contributed by atoms with Crippen LogP contribution in [0.3, 0.4) is 0 Å². The molecule has 1 aromatic heterocycles. The molecule has 72 valence electrons. The molecule has 1 heterocycles. The topological polar surface area (TPSA) is 30.0 Å². The number of alkyl halides is 3. The van der Waals surface area contributed by atoms with Crippen LogP contribution in [0.15, 0.2) is 5.38 Å². The Morgan fingerprint density at radius 2 is 2.38 bits per heavy atom. The van der Waals surface area contributed by atoms with Gasteiger partial charge in [0.15, 0.2) is 0 Å². The lowest BCUT2D eigenvalue weighted by Crippen LogP contribution is -2.23. The first-order valence-electron chi connectivity index (χ1n) is 3.40. The molecular weight excluding hydrogens is 220 g/mol. The Kier molecular flexibility index (Phi) is 2.98. The molecule has 0 bridgehead atoms. The van der Waals surface area contributed by atoms with Crippen molar-refractivity contribution in [3.63, 3.8) is 0 Å². The maximum absolute atomic E-state index is 12.2. The highest BCUT2D eigenvalue weighted by molar-refractivity contribution is 7.09. The standard InChI is InChI=1S/C7H6ClF2NOS/c1-4-11-5(3-13-4)2-6(12)7(8,9)10/h3H,2H2,1H3. The highest BCUT2D eigenvalue weighted by atomic mass is 35.5. The minimum Gasteiger partial charge on any atom is -0.291 e. The predicted molar refractivity (Wildman–Crippen MR) is 46.4 cm³/mol. The molecular formula is C7H6ClF2NOS. The lowest BCUT2D eigenvalue weighted by atomic mass is 10.2. The zero-order valence-corrected chi connectivity index (χ0v) is 8.25. The second-order valence-corrected chi connectivity index (χ2v) is 3.99. The number of hydrogen-bond donors (Lipinski definition) is 0. The van der Waals surface area contributed by atoms with Crippen molar-refractivity contribution in [1.82, 2.24) is 4.98 Å². The third-order valence-electron chi connectivity index (χ3n) is 1.32. The van der Waals surface area contributed by atoms with Gasteiger partial charge in [-0.3, -0.25) is 4.79 Å². The van der Waals surface area contributed by atoms with Crippen molar-refractivity contribution in [2.24, 2.45) is 0 Å². The molecule has 0 unspecified atom stereocenters. The van der Waals surface area contributed by atoms with Crippen LogP contribution in [0.5, 0.6) is 0 Å². The fourth-order valence-electron chi connectivity index (χ4n) is 0.754. The van der Waals surface area contributed by atoms with E-state index < -0.39 is 17.6 Å². The summed E-state index contributed by atoms with van der Waals surface area (Å²) in [5, 5.41) is -1.48. The normalized spacial score (nSPS) is 11.7. The molecule has 0 aromatic carbocycles. The number of halogens is 3. The smallest absolute Gasteiger partial charge is 0.291 e. The summed E-state index contributed by atoms with van der Waals surface area (Å²) in [5.74, 6) is -1.32. The van der Waals surface area contributed by atoms with E-state index in [9.17, 15) is 13.6 Å². The van der Waals surface area contributed by atoms with Gasteiger partial charge in [-0.1, -0.05) is 0 Å². The highest BCUT2D eigenvalue weighted by Crippen LogP contribution is 2.22. The van der Waals surface area contributed by atoms with E-state index in [0.717, 1.165) is 5.01 Å². The minimum absolute atomic E-state index is 0.341. The number of rotatable bonds is 3. The van der Waals surface area contributed by atoms with Crippen LogP contribution in [0.1, 0.15) is 10.7 Å². The SMILES string of the molecule is Cc1nc(CC(=O)C(F)(F)Cl)cs1. The second kappa shape index (κ2) is 3.67. The Hall–Kier alpha value is -0.550. The van der Waals surface area contributed by atoms with E-state index >= 15 is 0 Å². The molecule has 13 heavy (non-hydrogen) atoms. The number of thiazole rings is 1. The van der Waals surface area contributed by atoms with Crippen LogP contribution in [-0.2, 0) is 11.2 Å². The van der Waals surface area contributed by atoms with Crippen LogP contribution in [0.2, 0.25) is 0 Å². The molecule has 0 saturated heterocycles. The molecule has 6 heteroatoms. The first-order valence-corrected chi connectivity index (χ1v) is 4.66. The van der Waals surface area contributed by atoms with Gasteiger partial charge in [0.2, 0.25) is 5.78 Å². The fourth-order valence-corrected chi connectivity index (χ4v) is 1.43. The molecule has 0 aliphatic carbocycles. The summed E-state index contributed by atoms with van der Waals surface area (Å²) in [6.07, 6.45) is -0.416. The van der Waals surface area contributed by atoms with E-state index in [1.807, 2.05) is 0 Å². The molecule has 0 spiro atoms. The lowest BCUT2D eigenvalue weighted by molar-refractivity contribution is -0.132. The summed E-state index contributed by atoms with van der Waals surface area (Å²) < 4.78 is 24.4. The molecule has 1 aromatic rings. The summed E-state index contributed by atoms with van der Waals surface area (Å²) in [7, 11) is 0. The Morgan fingerprint density at radius 1 is 1.77 bits per heavy atom. The third kappa shape index (κ3) is 3.00. The van der Waals surface area contributed by atoms with Crippen LogP contribution < -0.4 is 0 Å². The number of ketones is 1. The van der Waals surface area contributed by atoms with Gasteiger partial charge in [-0.25, -0.2) is 4.98 Å². The first-order chi connectivity index (χ1) is 5.89. The minimum atomic E-state index is -3.78. The molecule has 0 aliphatic rings. The Labute approximate surface area is 82.5 Å². The Morgan fingerprint density at radius 3 is 2.77 bits per heavy atom. The zero-order chi connectivity index (χ0) is 10.1. The van der Waals surface area contributed by atoms with Crippen LogP contribution >= 0.6 is 22.9 Å². The van der Waals surface area contributed by atoms with Crippen LogP contribution in [0, 0.1) is 6.92 Å². The lowest BCUT2D eigenvalue weighted by Gasteiger charge is -2.03. The van der Waals surface area contributed by atoms with Crippen molar-refractivity contribution in [3.05, 3.63) is 16.1 Å². The third-order valence-corrected chi connectivity index (χ3v) is 2.36. The number of aromatic nitrogens is 1. The quantitative estimate of drug-likeness (QED) is 0.740. The van der Waals surface area contributed by atoms with E-state index in [4.69, 9.17) is 0 Å². The molecule has 1 rings (SSSR count). The van der Waals surface area contributed by atoms with Crippen LogP contribution in [-0.4, -0.2) is 16.1 Å². The van der Waals surface area contributed by atoms with E-state index in [0.29, 0.717) is 5.69 Å². The van der Waals surface area contributed by atoms with Crippen molar-refractivity contribution >= 4 is 28.7 Å². The molecule has 0 aliphatic heterocycles.